The Morgan fingerprint density at radius 1 is 1.24 bits per heavy atom. The highest BCUT2D eigenvalue weighted by Gasteiger charge is 2.11. The third-order valence-corrected chi connectivity index (χ3v) is 3.56. The molecule has 114 valence electrons. The van der Waals surface area contributed by atoms with Crippen LogP contribution in [0.25, 0.3) is 5.57 Å². The number of carbonyl (C=O) groups excluding carboxylic acids is 1. The molecule has 1 aromatic carbocycles. The van der Waals surface area contributed by atoms with Crippen molar-refractivity contribution in [2.75, 3.05) is 11.8 Å². The number of carbonyl (C=O) groups is 1. The average molecular weight is 327 g/mol. The molecule has 0 saturated heterocycles. The number of benzene rings is 1. The van der Waals surface area contributed by atoms with Crippen molar-refractivity contribution in [3.8, 4) is 0 Å². The topological polar surface area (TPSA) is 66.9 Å². The predicted octanol–water partition coefficient (Wildman–Crippen LogP) is 3.42. The minimum Gasteiger partial charge on any atom is -0.321 e. The summed E-state index contributed by atoms with van der Waals surface area (Å²) in [6.07, 6.45) is 4.92. The van der Waals surface area contributed by atoms with Crippen LogP contribution in [0.15, 0.2) is 30.3 Å². The molecule has 3 N–H and O–H groups in total. The first-order valence-corrected chi connectivity index (χ1v) is 7.89. The molecule has 1 atom stereocenters. The Bertz CT molecular complexity index is 498. The van der Waals surface area contributed by atoms with Crippen LogP contribution >= 0.6 is 23.2 Å². The van der Waals surface area contributed by atoms with Crippen LogP contribution in [0.1, 0.15) is 24.0 Å². The van der Waals surface area contributed by atoms with Gasteiger partial charge in [-0.15, -0.1) is 23.2 Å². The molecular weight excluding hydrogens is 307 g/mol. The summed E-state index contributed by atoms with van der Waals surface area (Å²) in [6.45, 7) is 0. The Morgan fingerprint density at radius 3 is 2.43 bits per heavy atom. The summed E-state index contributed by atoms with van der Waals surface area (Å²) in [5, 5.41) is 6.92. The number of ketones is 1. The van der Waals surface area contributed by atoms with E-state index >= 15 is 0 Å². The molecule has 1 rings (SSSR count). The third kappa shape index (κ3) is 6.00. The largest absolute Gasteiger partial charge is 0.321 e. The monoisotopic (exact) mass is 326 g/mol. The van der Waals surface area contributed by atoms with Crippen LogP contribution in [0, 0.1) is 5.41 Å². The SMILES string of the molecule is N=CC(=O)[C@@H](N)Cc1ccc(/C(=C/CCCl)CCCl)cc1. The maximum atomic E-state index is 11.3. The first kappa shape index (κ1) is 17.9. The average Bonchev–Trinajstić information content (AvgIpc) is 2.51. The zero-order valence-corrected chi connectivity index (χ0v) is 13.3. The van der Waals surface area contributed by atoms with E-state index in [1.54, 1.807) is 0 Å². The van der Waals surface area contributed by atoms with E-state index in [4.69, 9.17) is 34.3 Å². The van der Waals surface area contributed by atoms with Crippen molar-refractivity contribution in [1.82, 2.24) is 0 Å². The number of hydrogen-bond acceptors (Lipinski definition) is 3. The van der Waals surface area contributed by atoms with Gasteiger partial charge in [0.1, 0.15) is 0 Å². The van der Waals surface area contributed by atoms with Crippen LogP contribution < -0.4 is 5.73 Å². The van der Waals surface area contributed by atoms with E-state index in [1.807, 2.05) is 24.3 Å². The Labute approximate surface area is 135 Å². The van der Waals surface area contributed by atoms with E-state index < -0.39 is 6.04 Å². The minimum atomic E-state index is -0.651. The van der Waals surface area contributed by atoms with Gasteiger partial charge in [0.2, 0.25) is 0 Å². The molecule has 0 amide bonds. The standard InChI is InChI=1S/C16H20Cl2N2O/c17-8-1-2-13(7-9-18)14-5-3-12(4-6-14)10-15(20)16(21)11-19/h2-6,11,15,19H,1,7-10,20H2/b13-2+,19-11?/t15-/m0/s1. The molecule has 0 saturated carbocycles. The maximum Gasteiger partial charge on any atom is 0.190 e. The van der Waals surface area contributed by atoms with Crippen molar-refractivity contribution >= 4 is 40.8 Å². The highest BCUT2D eigenvalue weighted by molar-refractivity contribution is 6.28. The number of nitrogens with two attached hydrogens (primary N) is 1. The summed E-state index contributed by atoms with van der Waals surface area (Å²) < 4.78 is 0. The van der Waals surface area contributed by atoms with Gasteiger partial charge in [0.05, 0.1) is 12.3 Å². The highest BCUT2D eigenvalue weighted by atomic mass is 35.5. The van der Waals surface area contributed by atoms with Crippen LogP contribution in [0.3, 0.4) is 0 Å². The lowest BCUT2D eigenvalue weighted by atomic mass is 9.98. The van der Waals surface area contributed by atoms with Crippen molar-refractivity contribution < 1.29 is 4.79 Å². The maximum absolute atomic E-state index is 11.3. The summed E-state index contributed by atoms with van der Waals surface area (Å²) in [4.78, 5) is 11.3. The molecule has 0 aliphatic rings. The van der Waals surface area contributed by atoms with Crippen molar-refractivity contribution in [3.05, 3.63) is 41.5 Å². The Morgan fingerprint density at radius 2 is 1.90 bits per heavy atom. The lowest BCUT2D eigenvalue weighted by Gasteiger charge is -2.10. The van der Waals surface area contributed by atoms with Crippen LogP contribution in [0.4, 0.5) is 0 Å². The zero-order valence-electron chi connectivity index (χ0n) is 11.8. The summed E-state index contributed by atoms with van der Waals surface area (Å²) >= 11 is 11.5. The number of Topliss-reactive ketones (excluding diaryl/α,β-unsaturated/α-hetero) is 1. The van der Waals surface area contributed by atoms with Crippen LogP contribution in [0.5, 0.6) is 0 Å². The molecule has 3 nitrogen and oxygen atoms in total. The van der Waals surface area contributed by atoms with Gasteiger partial charge in [0.15, 0.2) is 5.78 Å². The molecular formula is C16H20Cl2N2O. The number of nitrogens with one attached hydrogen (secondary N) is 1. The Balaban J connectivity index is 2.80. The number of halogens is 2. The molecule has 0 radical (unpaired) electrons. The van der Waals surface area contributed by atoms with Gasteiger partial charge in [0, 0.05) is 11.8 Å². The number of allylic oxidation sites excluding steroid dienone is 2. The quantitative estimate of drug-likeness (QED) is 0.539. The molecule has 0 aliphatic heterocycles. The van der Waals surface area contributed by atoms with Crippen molar-refractivity contribution in [1.29, 1.82) is 5.41 Å². The number of alkyl halides is 2. The number of hydrogen-bond donors (Lipinski definition) is 2. The van der Waals surface area contributed by atoms with Crippen LogP contribution in [0.2, 0.25) is 0 Å². The van der Waals surface area contributed by atoms with Gasteiger partial charge in [-0.3, -0.25) is 4.79 Å². The molecule has 1 aromatic rings. The van der Waals surface area contributed by atoms with Gasteiger partial charge >= 0.3 is 0 Å². The molecule has 0 unspecified atom stereocenters. The lowest BCUT2D eigenvalue weighted by Crippen LogP contribution is -2.33. The normalized spacial score (nSPS) is 13.0. The van der Waals surface area contributed by atoms with Crippen molar-refractivity contribution in [2.24, 2.45) is 5.73 Å². The molecule has 0 heterocycles. The van der Waals surface area contributed by atoms with E-state index in [1.165, 1.54) is 5.57 Å². The van der Waals surface area contributed by atoms with Gasteiger partial charge in [-0.1, -0.05) is 30.3 Å². The summed E-state index contributed by atoms with van der Waals surface area (Å²) in [6, 6.07) is 7.26. The smallest absolute Gasteiger partial charge is 0.190 e. The fraction of sp³-hybridized carbons (Fsp3) is 0.375. The second-order valence-electron chi connectivity index (χ2n) is 4.70. The molecule has 0 aliphatic carbocycles. The van der Waals surface area contributed by atoms with Gasteiger partial charge < -0.3 is 11.1 Å². The second-order valence-corrected chi connectivity index (χ2v) is 5.46. The third-order valence-electron chi connectivity index (χ3n) is 3.15. The van der Waals surface area contributed by atoms with Gasteiger partial charge in [0.25, 0.3) is 0 Å². The molecule has 0 spiro atoms. The summed E-state index contributed by atoms with van der Waals surface area (Å²) in [5.74, 6) is 0.794. The molecule has 5 heteroatoms. The lowest BCUT2D eigenvalue weighted by molar-refractivity contribution is -0.113. The fourth-order valence-corrected chi connectivity index (χ4v) is 2.32. The number of rotatable bonds is 9. The van der Waals surface area contributed by atoms with Gasteiger partial charge in [-0.25, -0.2) is 0 Å². The van der Waals surface area contributed by atoms with Gasteiger partial charge in [-0.2, -0.15) is 0 Å². The van der Waals surface area contributed by atoms with E-state index in [0.717, 1.165) is 30.2 Å². The van der Waals surface area contributed by atoms with Gasteiger partial charge in [-0.05, 0) is 36.0 Å². The zero-order chi connectivity index (χ0) is 15.7. The summed E-state index contributed by atoms with van der Waals surface area (Å²) in [5.41, 5.74) is 8.99. The first-order valence-electron chi connectivity index (χ1n) is 6.82. The van der Waals surface area contributed by atoms with E-state index in [0.29, 0.717) is 18.2 Å². The highest BCUT2D eigenvalue weighted by Crippen LogP contribution is 2.21. The molecule has 0 aromatic heterocycles. The van der Waals surface area contributed by atoms with E-state index in [2.05, 4.69) is 6.08 Å². The fourth-order valence-electron chi connectivity index (χ4n) is 2.01. The first-order chi connectivity index (χ1) is 10.1. The molecule has 21 heavy (non-hydrogen) atoms. The summed E-state index contributed by atoms with van der Waals surface area (Å²) in [7, 11) is 0. The van der Waals surface area contributed by atoms with Crippen LogP contribution in [-0.4, -0.2) is 29.8 Å². The Hall–Kier alpha value is -1.16. The Kier molecular flexibility index (Phi) is 8.28. The van der Waals surface area contributed by atoms with Crippen LogP contribution in [-0.2, 0) is 11.2 Å². The van der Waals surface area contributed by atoms with Crippen molar-refractivity contribution in [3.63, 3.8) is 0 Å². The van der Waals surface area contributed by atoms with Crippen molar-refractivity contribution in [2.45, 2.75) is 25.3 Å². The van der Waals surface area contributed by atoms with E-state index in [-0.39, 0.29) is 5.78 Å². The predicted molar refractivity (Wildman–Crippen MR) is 90.6 cm³/mol. The molecule has 0 fully saturated rings. The second kappa shape index (κ2) is 9.72. The molecule has 0 bridgehead atoms. The van der Waals surface area contributed by atoms with E-state index in [9.17, 15) is 4.79 Å². The minimum absolute atomic E-state index is 0.357.